The zero-order valence-electron chi connectivity index (χ0n) is 18.8. The van der Waals surface area contributed by atoms with Crippen LogP contribution in [0.5, 0.6) is 5.75 Å². The highest BCUT2D eigenvalue weighted by Gasteiger charge is 2.26. The van der Waals surface area contributed by atoms with Crippen molar-refractivity contribution in [3.05, 3.63) is 48.0 Å². The van der Waals surface area contributed by atoms with Gasteiger partial charge < -0.3 is 20.1 Å². The van der Waals surface area contributed by atoms with Crippen LogP contribution in [0.15, 0.2) is 42.5 Å². The number of phenolic OH excluding ortho intramolecular Hbond substituents is 1. The van der Waals surface area contributed by atoms with E-state index in [4.69, 9.17) is 14.7 Å². The highest BCUT2D eigenvalue weighted by atomic mass is 16.5. The summed E-state index contributed by atoms with van der Waals surface area (Å²) in [6.45, 7) is 8.68. The van der Waals surface area contributed by atoms with E-state index in [1.807, 2.05) is 39.0 Å². The highest BCUT2D eigenvalue weighted by Crippen LogP contribution is 2.33. The summed E-state index contributed by atoms with van der Waals surface area (Å²) in [6, 6.07) is 13.3. The lowest BCUT2D eigenvalue weighted by Gasteiger charge is -2.21. The summed E-state index contributed by atoms with van der Waals surface area (Å²) in [5.74, 6) is 2.16. The van der Waals surface area contributed by atoms with Gasteiger partial charge in [-0.05, 0) is 55.0 Å². The minimum atomic E-state index is -0.359. The molecule has 32 heavy (non-hydrogen) atoms. The predicted octanol–water partition coefficient (Wildman–Crippen LogP) is 5.01. The minimum absolute atomic E-state index is 0. The van der Waals surface area contributed by atoms with Gasteiger partial charge in [0, 0.05) is 27.9 Å². The molecule has 1 aliphatic rings. The van der Waals surface area contributed by atoms with Crippen LogP contribution in [0.25, 0.3) is 22.3 Å². The number of amides is 1. The van der Waals surface area contributed by atoms with Crippen LogP contribution in [0.4, 0.5) is 10.6 Å². The molecule has 7 nitrogen and oxygen atoms in total. The second kappa shape index (κ2) is 9.42. The van der Waals surface area contributed by atoms with Gasteiger partial charge in [0.05, 0.1) is 17.7 Å². The van der Waals surface area contributed by atoms with Crippen molar-refractivity contribution in [1.29, 1.82) is 0 Å². The molecule has 7 heteroatoms. The normalized spacial score (nSPS) is 16.0. The van der Waals surface area contributed by atoms with Crippen molar-refractivity contribution in [3.8, 4) is 17.1 Å². The van der Waals surface area contributed by atoms with E-state index in [9.17, 15) is 9.90 Å². The van der Waals surface area contributed by atoms with Crippen LogP contribution in [0, 0.1) is 18.8 Å². The van der Waals surface area contributed by atoms with E-state index in [1.165, 1.54) is 0 Å². The number of aromatic hydroxyl groups is 1. The van der Waals surface area contributed by atoms with Gasteiger partial charge in [0.15, 0.2) is 5.82 Å². The molecule has 0 unspecified atom stereocenters. The number of fused-ring (bicyclic) bond motifs is 1. The second-order valence-electron chi connectivity index (χ2n) is 8.88. The number of carbonyl (C=O) groups is 1. The fraction of sp³-hybridized carbons (Fsp3) is 0.400. The van der Waals surface area contributed by atoms with Crippen LogP contribution in [-0.4, -0.2) is 47.4 Å². The maximum Gasteiger partial charge on any atom is 0.407 e. The Morgan fingerprint density at radius 3 is 2.88 bits per heavy atom. The number of rotatable bonds is 6. The zero-order valence-corrected chi connectivity index (χ0v) is 18.8. The number of aryl methyl sites for hydroxylation is 1. The van der Waals surface area contributed by atoms with Crippen LogP contribution in [0.3, 0.4) is 0 Å². The molecular formula is C25H34N4O3. The van der Waals surface area contributed by atoms with Crippen LogP contribution in [0.2, 0.25) is 0 Å². The first-order valence-electron chi connectivity index (χ1n) is 11.1. The molecule has 1 atom stereocenters. The Bertz CT molecular complexity index is 1130. The number of benzene rings is 2. The van der Waals surface area contributed by atoms with E-state index in [2.05, 4.69) is 22.3 Å². The monoisotopic (exact) mass is 438 g/mol. The Hall–Kier alpha value is -3.35. The summed E-state index contributed by atoms with van der Waals surface area (Å²) in [5, 5.41) is 14.2. The van der Waals surface area contributed by atoms with E-state index < -0.39 is 0 Å². The van der Waals surface area contributed by atoms with Crippen molar-refractivity contribution < 1.29 is 17.5 Å². The summed E-state index contributed by atoms with van der Waals surface area (Å²) in [4.78, 5) is 23.8. The van der Waals surface area contributed by atoms with Gasteiger partial charge in [-0.1, -0.05) is 32.0 Å². The first-order valence-corrected chi connectivity index (χ1v) is 11.1. The molecule has 0 aliphatic carbocycles. The molecular weight excluding hydrogens is 404 g/mol. The topological polar surface area (TPSA) is 87.6 Å². The van der Waals surface area contributed by atoms with E-state index in [0.717, 1.165) is 41.8 Å². The predicted molar refractivity (Wildman–Crippen MR) is 130 cm³/mol. The average Bonchev–Trinajstić information content (AvgIpc) is 3.24. The van der Waals surface area contributed by atoms with Gasteiger partial charge in [0.1, 0.15) is 11.6 Å². The molecule has 172 valence electrons. The number of hydrogen-bond acceptors (Lipinski definition) is 6. The summed E-state index contributed by atoms with van der Waals surface area (Å²) in [6.07, 6.45) is 0.593. The Balaban J connectivity index is 0.00000204. The number of alkyl carbamates (subject to hydrolysis) is 1. The molecule has 0 spiro atoms. The molecule has 0 radical (unpaired) electrons. The lowest BCUT2D eigenvalue weighted by Crippen LogP contribution is -2.32. The molecule has 2 N–H and O–H groups in total. The number of nitrogens with one attached hydrogen (secondary N) is 1. The molecule has 1 saturated heterocycles. The largest absolute Gasteiger partial charge is 0.507 e. The van der Waals surface area contributed by atoms with Crippen molar-refractivity contribution in [2.75, 3.05) is 31.1 Å². The van der Waals surface area contributed by atoms with Crippen molar-refractivity contribution in [2.24, 2.45) is 11.8 Å². The Morgan fingerprint density at radius 2 is 2.09 bits per heavy atom. The summed E-state index contributed by atoms with van der Waals surface area (Å²) in [5.41, 5.74) is 2.59. The van der Waals surface area contributed by atoms with Crippen LogP contribution in [0.1, 0.15) is 28.7 Å². The lowest BCUT2D eigenvalue weighted by molar-refractivity contribution is 0.132. The van der Waals surface area contributed by atoms with Gasteiger partial charge in [-0.15, -0.1) is 0 Å². The molecule has 3 aromatic rings. The Morgan fingerprint density at radius 1 is 1.28 bits per heavy atom. The Labute approximate surface area is 191 Å². The fourth-order valence-corrected chi connectivity index (χ4v) is 3.96. The van der Waals surface area contributed by atoms with Crippen molar-refractivity contribution in [3.63, 3.8) is 0 Å². The molecule has 1 aliphatic heterocycles. The standard InChI is InChI=1S/C25H30N4O3.2H2/c1-16(2)15-32-25(31)26-13-18-10-11-29(14-18)24-19-9-8-17(3)12-21(19)27-23(28-24)20-6-4-5-7-22(20)30;;/h4-9,12,16,18,30H,10-11,13-15H2,1-3H3,(H,26,31);2*1H/t18-;;/m0../s1. The maximum atomic E-state index is 11.9. The smallest absolute Gasteiger partial charge is 0.407 e. The zero-order chi connectivity index (χ0) is 22.7. The van der Waals surface area contributed by atoms with Gasteiger partial charge in [0.2, 0.25) is 0 Å². The summed E-state index contributed by atoms with van der Waals surface area (Å²) >= 11 is 0. The van der Waals surface area contributed by atoms with Crippen molar-refractivity contribution >= 4 is 22.8 Å². The van der Waals surface area contributed by atoms with E-state index in [1.54, 1.807) is 12.1 Å². The van der Waals surface area contributed by atoms with Crippen LogP contribution >= 0.6 is 0 Å². The number of phenols is 1. The molecule has 1 fully saturated rings. The van der Waals surface area contributed by atoms with Crippen LogP contribution < -0.4 is 10.2 Å². The van der Waals surface area contributed by atoms with E-state index >= 15 is 0 Å². The van der Waals surface area contributed by atoms with E-state index in [0.29, 0.717) is 36.4 Å². The number of nitrogens with zero attached hydrogens (tertiary/aromatic N) is 3. The van der Waals surface area contributed by atoms with Gasteiger partial charge in [-0.3, -0.25) is 0 Å². The van der Waals surface area contributed by atoms with Gasteiger partial charge in [0.25, 0.3) is 0 Å². The maximum absolute atomic E-state index is 11.9. The summed E-state index contributed by atoms with van der Waals surface area (Å²) in [7, 11) is 0. The SMILES string of the molecule is Cc1ccc2c(N3CC[C@@H](CNC(=O)OCC(C)C)C3)nc(-c3ccccc3O)nc2c1.[HH].[HH]. The first-order chi connectivity index (χ1) is 15.4. The van der Waals surface area contributed by atoms with Crippen molar-refractivity contribution in [1.82, 2.24) is 15.3 Å². The second-order valence-corrected chi connectivity index (χ2v) is 8.88. The number of anilines is 1. The van der Waals surface area contributed by atoms with Crippen LogP contribution in [-0.2, 0) is 4.74 Å². The minimum Gasteiger partial charge on any atom is -0.507 e. The Kier molecular flexibility index (Phi) is 6.44. The number of hydrogen-bond donors (Lipinski definition) is 2. The van der Waals surface area contributed by atoms with E-state index in [-0.39, 0.29) is 14.7 Å². The molecule has 2 heterocycles. The summed E-state index contributed by atoms with van der Waals surface area (Å²) < 4.78 is 5.21. The highest BCUT2D eigenvalue weighted by molar-refractivity contribution is 5.92. The molecule has 4 rings (SSSR count). The third kappa shape index (κ3) is 4.93. The fourth-order valence-electron chi connectivity index (χ4n) is 3.96. The molecule has 0 bridgehead atoms. The average molecular weight is 439 g/mol. The lowest BCUT2D eigenvalue weighted by atomic mass is 10.1. The third-order valence-electron chi connectivity index (χ3n) is 5.65. The number of ether oxygens (including phenoxy) is 1. The number of carbonyl (C=O) groups excluding carboxylic acids is 1. The van der Waals surface area contributed by atoms with Crippen molar-refractivity contribution in [2.45, 2.75) is 27.2 Å². The molecule has 2 aromatic carbocycles. The van der Waals surface area contributed by atoms with Gasteiger partial charge >= 0.3 is 6.09 Å². The van der Waals surface area contributed by atoms with Gasteiger partial charge in [-0.2, -0.15) is 0 Å². The molecule has 1 aromatic heterocycles. The van der Waals surface area contributed by atoms with Gasteiger partial charge in [-0.25, -0.2) is 14.8 Å². The first kappa shape index (κ1) is 21.9. The molecule has 0 saturated carbocycles. The molecule has 1 amide bonds. The quantitative estimate of drug-likeness (QED) is 0.562. The third-order valence-corrected chi connectivity index (χ3v) is 5.65. The number of para-hydroxylation sites is 1. The number of aromatic nitrogens is 2.